The van der Waals surface area contributed by atoms with Crippen LogP contribution in [0.1, 0.15) is 11.1 Å². The molecule has 0 unspecified atom stereocenters. The molecule has 3 aromatic rings. The van der Waals surface area contributed by atoms with Gasteiger partial charge in [0.1, 0.15) is 17.2 Å². The zero-order valence-electron chi connectivity index (χ0n) is 14.0. The second-order valence-corrected chi connectivity index (χ2v) is 6.33. The Morgan fingerprint density at radius 1 is 0.923 bits per heavy atom. The monoisotopic (exact) mass is 362 g/mol. The first kappa shape index (κ1) is 16.4. The molecule has 128 valence electrons. The number of nitrogens with one attached hydrogen (secondary N) is 1. The van der Waals surface area contributed by atoms with Gasteiger partial charge in [0.2, 0.25) is 0 Å². The van der Waals surface area contributed by atoms with E-state index in [4.69, 9.17) is 16.3 Å². The molecule has 0 atom stereocenters. The molecule has 1 aliphatic heterocycles. The highest BCUT2D eigenvalue weighted by Crippen LogP contribution is 2.33. The van der Waals surface area contributed by atoms with Crippen LogP contribution in [0.4, 0.5) is 11.4 Å². The molecule has 26 heavy (non-hydrogen) atoms. The predicted octanol–water partition coefficient (Wildman–Crippen LogP) is 5.51. The van der Waals surface area contributed by atoms with Crippen LogP contribution < -0.4 is 10.1 Å². The number of aliphatic imine (C=N–C) groups is 1. The average Bonchev–Trinajstić information content (AvgIpc) is 2.97. The Morgan fingerprint density at radius 2 is 1.62 bits per heavy atom. The third-order valence-corrected chi connectivity index (χ3v) is 4.57. The minimum atomic E-state index is -0.227. The summed E-state index contributed by atoms with van der Waals surface area (Å²) in [7, 11) is 0. The second-order valence-electron chi connectivity index (χ2n) is 5.92. The molecule has 5 heteroatoms. The van der Waals surface area contributed by atoms with Gasteiger partial charge < -0.3 is 10.1 Å². The maximum absolute atomic E-state index is 12.3. The Balaban J connectivity index is 1.61. The van der Waals surface area contributed by atoms with Gasteiger partial charge in [-0.05, 0) is 61.0 Å². The number of nitrogens with zero attached hydrogens (tertiary/aromatic N) is 1. The summed E-state index contributed by atoms with van der Waals surface area (Å²) in [6.45, 7) is 1.88. The number of carbonyl (C=O) groups excluding carboxylic acids is 1. The number of halogens is 1. The van der Waals surface area contributed by atoms with E-state index in [1.54, 1.807) is 6.07 Å². The molecule has 0 aliphatic carbocycles. The number of hydrogen-bond acceptors (Lipinski definition) is 3. The number of ether oxygens (including phenoxy) is 1. The van der Waals surface area contributed by atoms with Crippen LogP contribution in [0.15, 0.2) is 71.7 Å². The maximum Gasteiger partial charge on any atom is 0.275 e. The Labute approximate surface area is 156 Å². The summed E-state index contributed by atoms with van der Waals surface area (Å²) >= 11 is 6.13. The molecule has 0 bridgehead atoms. The van der Waals surface area contributed by atoms with Crippen molar-refractivity contribution in [3.05, 3.63) is 82.9 Å². The van der Waals surface area contributed by atoms with E-state index in [1.807, 2.05) is 67.6 Å². The van der Waals surface area contributed by atoms with Gasteiger partial charge in [0.25, 0.3) is 5.91 Å². The van der Waals surface area contributed by atoms with Crippen LogP contribution in [0.2, 0.25) is 5.02 Å². The van der Waals surface area contributed by atoms with Gasteiger partial charge in [-0.15, -0.1) is 0 Å². The summed E-state index contributed by atoms with van der Waals surface area (Å²) in [5.41, 5.74) is 3.40. The molecule has 0 spiro atoms. The van der Waals surface area contributed by atoms with Crippen LogP contribution >= 0.6 is 11.6 Å². The molecule has 0 saturated carbocycles. The summed E-state index contributed by atoms with van der Waals surface area (Å²) in [6.07, 6.45) is 0. The van der Waals surface area contributed by atoms with Crippen LogP contribution in [0.5, 0.6) is 11.5 Å². The van der Waals surface area contributed by atoms with Gasteiger partial charge in [-0.1, -0.05) is 29.8 Å². The highest BCUT2D eigenvalue weighted by atomic mass is 35.5. The van der Waals surface area contributed by atoms with E-state index in [1.165, 1.54) is 0 Å². The fraction of sp³-hybridized carbons (Fsp3) is 0.0476. The molecule has 0 saturated heterocycles. The fourth-order valence-electron chi connectivity index (χ4n) is 2.79. The lowest BCUT2D eigenvalue weighted by molar-refractivity contribution is -0.110. The topological polar surface area (TPSA) is 50.7 Å². The first-order chi connectivity index (χ1) is 12.6. The zero-order valence-corrected chi connectivity index (χ0v) is 14.7. The molecular formula is C21H15ClN2O2. The number of anilines is 1. The minimum absolute atomic E-state index is 0.227. The normalized spacial score (nSPS) is 14.2. The van der Waals surface area contributed by atoms with Crippen LogP contribution in [0.3, 0.4) is 0 Å². The summed E-state index contributed by atoms with van der Waals surface area (Å²) in [6, 6.07) is 20.4. The van der Waals surface area contributed by atoms with Crippen molar-refractivity contribution in [2.75, 3.05) is 5.32 Å². The lowest BCUT2D eigenvalue weighted by Gasteiger charge is -2.06. The number of benzene rings is 3. The molecule has 1 heterocycles. The van der Waals surface area contributed by atoms with Gasteiger partial charge in [0.15, 0.2) is 0 Å². The Bertz CT molecular complexity index is 1010. The smallest absolute Gasteiger partial charge is 0.275 e. The van der Waals surface area contributed by atoms with E-state index in [0.29, 0.717) is 22.2 Å². The highest BCUT2D eigenvalue weighted by Gasteiger charge is 2.28. The number of hydrogen-bond donors (Lipinski definition) is 1. The van der Waals surface area contributed by atoms with E-state index in [9.17, 15) is 4.79 Å². The van der Waals surface area contributed by atoms with Crippen molar-refractivity contribution in [2.45, 2.75) is 6.92 Å². The Kier molecular flexibility index (Phi) is 4.19. The van der Waals surface area contributed by atoms with E-state index in [2.05, 4.69) is 10.3 Å². The van der Waals surface area contributed by atoms with Crippen molar-refractivity contribution >= 4 is 34.6 Å². The van der Waals surface area contributed by atoms with Crippen molar-refractivity contribution in [3.63, 3.8) is 0 Å². The number of rotatable bonds is 3. The van der Waals surface area contributed by atoms with Crippen LogP contribution in [-0.4, -0.2) is 11.6 Å². The molecule has 0 radical (unpaired) electrons. The molecule has 1 aliphatic rings. The third-order valence-electron chi connectivity index (χ3n) is 4.16. The van der Waals surface area contributed by atoms with E-state index in [0.717, 1.165) is 22.6 Å². The maximum atomic E-state index is 12.3. The predicted molar refractivity (Wildman–Crippen MR) is 104 cm³/mol. The molecule has 0 fully saturated rings. The first-order valence-corrected chi connectivity index (χ1v) is 8.52. The second kappa shape index (κ2) is 6.65. The van der Waals surface area contributed by atoms with Crippen molar-refractivity contribution in [1.82, 2.24) is 0 Å². The van der Waals surface area contributed by atoms with Gasteiger partial charge >= 0.3 is 0 Å². The van der Waals surface area contributed by atoms with Crippen LogP contribution in [-0.2, 0) is 4.79 Å². The largest absolute Gasteiger partial charge is 0.457 e. The summed E-state index contributed by atoms with van der Waals surface area (Å²) in [4.78, 5) is 16.8. The first-order valence-electron chi connectivity index (χ1n) is 8.14. The van der Waals surface area contributed by atoms with Crippen LogP contribution in [0, 0.1) is 6.92 Å². The van der Waals surface area contributed by atoms with Crippen molar-refractivity contribution in [2.24, 2.45) is 4.99 Å². The Morgan fingerprint density at radius 3 is 2.35 bits per heavy atom. The molecule has 4 nitrogen and oxygen atoms in total. The average molecular weight is 363 g/mol. The molecule has 0 aromatic heterocycles. The standard InChI is InChI=1S/C21H15ClN2O2/c1-13-18(22)12-11-17-19(13)24-21(25)20(17)23-14-7-9-16(10-8-14)26-15-5-3-2-4-6-15/h2-12H,1H3,(H,23,24,25). The van der Waals surface area contributed by atoms with Crippen molar-refractivity contribution < 1.29 is 9.53 Å². The molecule has 1 N–H and O–H groups in total. The van der Waals surface area contributed by atoms with Crippen molar-refractivity contribution in [3.8, 4) is 11.5 Å². The highest BCUT2D eigenvalue weighted by molar-refractivity contribution is 6.54. The molecule has 3 aromatic carbocycles. The lowest BCUT2D eigenvalue weighted by atomic mass is 10.1. The molecule has 1 amide bonds. The number of para-hydroxylation sites is 1. The van der Waals surface area contributed by atoms with Crippen LogP contribution in [0.25, 0.3) is 0 Å². The van der Waals surface area contributed by atoms with E-state index < -0.39 is 0 Å². The quantitative estimate of drug-likeness (QED) is 0.667. The Hall–Kier alpha value is -3.11. The summed E-state index contributed by atoms with van der Waals surface area (Å²) in [5, 5.41) is 3.46. The van der Waals surface area contributed by atoms with Gasteiger partial charge in [0.05, 0.1) is 11.4 Å². The van der Waals surface area contributed by atoms with Gasteiger partial charge in [-0.3, -0.25) is 4.79 Å². The zero-order chi connectivity index (χ0) is 18.1. The summed E-state index contributed by atoms with van der Waals surface area (Å²) in [5.74, 6) is 1.25. The van der Waals surface area contributed by atoms with Crippen molar-refractivity contribution in [1.29, 1.82) is 0 Å². The SMILES string of the molecule is Cc1c(Cl)ccc2c1NC(=O)C2=Nc1ccc(Oc2ccccc2)cc1. The van der Waals surface area contributed by atoms with Gasteiger partial charge in [-0.25, -0.2) is 4.99 Å². The van der Waals surface area contributed by atoms with E-state index in [-0.39, 0.29) is 5.91 Å². The third kappa shape index (κ3) is 3.07. The molecular weight excluding hydrogens is 348 g/mol. The molecule has 4 rings (SSSR count). The van der Waals surface area contributed by atoms with Gasteiger partial charge in [-0.2, -0.15) is 0 Å². The summed E-state index contributed by atoms with van der Waals surface area (Å²) < 4.78 is 5.77. The number of fused-ring (bicyclic) bond motifs is 1. The van der Waals surface area contributed by atoms with Gasteiger partial charge in [0, 0.05) is 10.6 Å². The lowest BCUT2D eigenvalue weighted by Crippen LogP contribution is -2.13. The number of carbonyl (C=O) groups is 1. The fourth-order valence-corrected chi connectivity index (χ4v) is 2.95. The number of amides is 1. The van der Waals surface area contributed by atoms with E-state index >= 15 is 0 Å². The minimum Gasteiger partial charge on any atom is -0.457 e.